The van der Waals surface area contributed by atoms with Gasteiger partial charge in [0, 0.05) is 35.2 Å². The van der Waals surface area contributed by atoms with Crippen molar-refractivity contribution < 1.29 is 24.2 Å². The van der Waals surface area contributed by atoms with Gasteiger partial charge in [-0.15, -0.1) is 24.9 Å². The molecule has 2 unspecified atom stereocenters. The number of fused-ring (bicyclic) bond motifs is 1. The van der Waals surface area contributed by atoms with Crippen LogP contribution in [0.25, 0.3) is 0 Å². The minimum Gasteiger partial charge on any atom is -0.465 e. The average Bonchev–Trinajstić information content (AvgIpc) is 3.50. The fourth-order valence-electron chi connectivity index (χ4n) is 6.75. The molecule has 5 atom stereocenters. The zero-order chi connectivity index (χ0) is 28.9. The molecule has 9 heteroatoms. The molecule has 0 saturated carbocycles. The molecule has 0 aliphatic carbocycles. The van der Waals surface area contributed by atoms with E-state index in [1.807, 2.05) is 6.08 Å². The number of hydrogen-bond acceptors (Lipinski definition) is 6. The van der Waals surface area contributed by atoms with E-state index in [0.717, 1.165) is 32.1 Å². The van der Waals surface area contributed by atoms with Crippen LogP contribution < -0.4 is 4.90 Å². The molecule has 1 spiro atoms. The third-order valence-corrected chi connectivity index (χ3v) is 10.8. The van der Waals surface area contributed by atoms with Gasteiger partial charge in [0.05, 0.1) is 23.2 Å². The molecule has 1 aromatic carbocycles. The first-order valence-corrected chi connectivity index (χ1v) is 15.5. The van der Waals surface area contributed by atoms with Gasteiger partial charge in [-0.3, -0.25) is 14.4 Å². The number of nitrogens with zero attached hydrogens (tertiary/aromatic N) is 2. The Labute approximate surface area is 246 Å². The van der Waals surface area contributed by atoms with Crippen LogP contribution in [0.15, 0.2) is 49.6 Å². The molecule has 1 N–H and O–H groups in total. The molecule has 2 bridgehead atoms. The Hall–Kier alpha value is -2.29. The highest BCUT2D eigenvalue weighted by molar-refractivity contribution is 8.02. The molecule has 7 nitrogen and oxygen atoms in total. The highest BCUT2D eigenvalue weighted by Gasteiger charge is 2.77. The number of anilines is 1. The van der Waals surface area contributed by atoms with Crippen LogP contribution in [0.3, 0.4) is 0 Å². The van der Waals surface area contributed by atoms with Gasteiger partial charge in [-0.1, -0.05) is 23.8 Å². The van der Waals surface area contributed by atoms with E-state index in [-0.39, 0.29) is 30.9 Å². The van der Waals surface area contributed by atoms with Crippen molar-refractivity contribution in [3.8, 4) is 0 Å². The molecule has 4 rings (SSSR count). The topological polar surface area (TPSA) is 87.1 Å². The standard InChI is InChI=1S/C31H41ClN2O5S/c1-4-6-7-11-21-39-29(38)25-24-27(36)34(19-9-8-10-20-35)26(31(24)17-16-30(25,3)40-31)28(37)33(18-5-2)23-14-12-22(32)13-15-23/h4-5,12-15,24-26,35H,1-2,6-11,16-21H2,3H3/t24-,25+,26?,30-,31?/m0/s1. The smallest absolute Gasteiger partial charge is 0.311 e. The lowest BCUT2D eigenvalue weighted by Gasteiger charge is -2.37. The molecule has 3 fully saturated rings. The van der Waals surface area contributed by atoms with Crippen molar-refractivity contribution in [1.29, 1.82) is 0 Å². The number of benzene rings is 1. The predicted molar refractivity (Wildman–Crippen MR) is 160 cm³/mol. The van der Waals surface area contributed by atoms with E-state index in [9.17, 15) is 19.5 Å². The van der Waals surface area contributed by atoms with Crippen molar-refractivity contribution >= 4 is 46.8 Å². The van der Waals surface area contributed by atoms with Crippen molar-refractivity contribution in [1.82, 2.24) is 4.90 Å². The number of amides is 2. The van der Waals surface area contributed by atoms with Crippen LogP contribution in [0, 0.1) is 11.8 Å². The molecule has 3 heterocycles. The number of rotatable bonds is 15. The van der Waals surface area contributed by atoms with Crippen molar-refractivity contribution in [3.05, 3.63) is 54.6 Å². The summed E-state index contributed by atoms with van der Waals surface area (Å²) >= 11 is 7.77. The molecule has 40 heavy (non-hydrogen) atoms. The van der Waals surface area contributed by atoms with Gasteiger partial charge in [0.25, 0.3) is 5.91 Å². The van der Waals surface area contributed by atoms with E-state index >= 15 is 0 Å². The van der Waals surface area contributed by atoms with E-state index in [1.165, 1.54) is 0 Å². The monoisotopic (exact) mass is 588 g/mol. The summed E-state index contributed by atoms with van der Waals surface area (Å²) in [5.41, 5.74) is 0.682. The Morgan fingerprint density at radius 3 is 2.58 bits per heavy atom. The van der Waals surface area contributed by atoms with Gasteiger partial charge in [-0.2, -0.15) is 0 Å². The first-order chi connectivity index (χ1) is 19.2. The first kappa shape index (κ1) is 30.7. The number of allylic oxidation sites excluding steroid dienone is 1. The number of ether oxygens (including phenoxy) is 1. The average molecular weight is 589 g/mol. The van der Waals surface area contributed by atoms with Crippen molar-refractivity contribution in [2.24, 2.45) is 11.8 Å². The maximum Gasteiger partial charge on any atom is 0.311 e. The van der Waals surface area contributed by atoms with Gasteiger partial charge in [0.1, 0.15) is 6.04 Å². The summed E-state index contributed by atoms with van der Waals surface area (Å²) in [6, 6.07) is 6.37. The highest BCUT2D eigenvalue weighted by Crippen LogP contribution is 2.71. The fourth-order valence-corrected chi connectivity index (χ4v) is 9.21. The summed E-state index contributed by atoms with van der Waals surface area (Å²) in [5, 5.41) is 9.84. The second-order valence-corrected chi connectivity index (χ2v) is 13.5. The summed E-state index contributed by atoms with van der Waals surface area (Å²) in [6.45, 7) is 10.7. The number of aliphatic hydroxyl groups excluding tert-OH is 1. The third-order valence-electron chi connectivity index (χ3n) is 8.58. The number of likely N-dealkylation sites (tertiary alicyclic amines) is 1. The molecular weight excluding hydrogens is 548 g/mol. The Morgan fingerprint density at radius 1 is 1.15 bits per heavy atom. The van der Waals surface area contributed by atoms with Crippen LogP contribution in [0.1, 0.15) is 58.3 Å². The lowest BCUT2D eigenvalue weighted by atomic mass is 9.66. The zero-order valence-corrected chi connectivity index (χ0v) is 24.9. The number of unbranched alkanes of at least 4 members (excludes halogenated alkanes) is 4. The number of halogens is 1. The van der Waals surface area contributed by atoms with Gasteiger partial charge in [-0.05, 0) is 82.6 Å². The molecule has 1 aromatic rings. The van der Waals surface area contributed by atoms with Crippen LogP contribution in [-0.2, 0) is 19.1 Å². The van der Waals surface area contributed by atoms with Crippen LogP contribution in [0.4, 0.5) is 5.69 Å². The SMILES string of the molecule is C=CCCCCOC(=O)[C@H]1[C@H]2C(=O)N(CCCCCO)C(C(=O)N(CC=C)c3ccc(Cl)cc3)C23CC[C@]1(C)S3. The number of carbonyl (C=O) groups excluding carboxylic acids is 3. The van der Waals surface area contributed by atoms with E-state index < -0.39 is 27.4 Å². The lowest BCUT2D eigenvalue weighted by Crippen LogP contribution is -2.55. The maximum absolute atomic E-state index is 14.5. The summed E-state index contributed by atoms with van der Waals surface area (Å²) in [6.07, 6.45) is 9.49. The van der Waals surface area contributed by atoms with Crippen LogP contribution in [-0.4, -0.2) is 69.6 Å². The van der Waals surface area contributed by atoms with E-state index in [0.29, 0.717) is 43.1 Å². The Kier molecular flexibility index (Phi) is 10.1. The molecule has 3 saturated heterocycles. The Balaban J connectivity index is 1.67. The Morgan fingerprint density at radius 2 is 1.90 bits per heavy atom. The lowest BCUT2D eigenvalue weighted by molar-refractivity contribution is -0.155. The first-order valence-electron chi connectivity index (χ1n) is 14.3. The van der Waals surface area contributed by atoms with Crippen molar-refractivity contribution in [2.75, 3.05) is 31.2 Å². The van der Waals surface area contributed by atoms with Crippen LogP contribution >= 0.6 is 23.4 Å². The minimum absolute atomic E-state index is 0.0848. The van der Waals surface area contributed by atoms with E-state index in [4.69, 9.17) is 16.3 Å². The van der Waals surface area contributed by atoms with E-state index in [1.54, 1.807) is 51.9 Å². The van der Waals surface area contributed by atoms with E-state index in [2.05, 4.69) is 20.1 Å². The highest BCUT2D eigenvalue weighted by atomic mass is 35.5. The largest absolute Gasteiger partial charge is 0.465 e. The Bertz CT molecular complexity index is 1110. The summed E-state index contributed by atoms with van der Waals surface area (Å²) in [5.74, 6) is -1.85. The van der Waals surface area contributed by atoms with Gasteiger partial charge in [0.2, 0.25) is 5.91 Å². The number of aliphatic hydroxyl groups is 1. The normalized spacial score (nSPS) is 28.4. The molecule has 3 aliphatic rings. The second kappa shape index (κ2) is 13.1. The molecule has 0 radical (unpaired) electrons. The molecule has 0 aromatic heterocycles. The minimum atomic E-state index is -0.716. The summed E-state index contributed by atoms with van der Waals surface area (Å²) in [7, 11) is 0. The molecule has 3 aliphatic heterocycles. The number of carbonyl (C=O) groups is 3. The molecular formula is C31H41ClN2O5S. The van der Waals surface area contributed by atoms with Crippen molar-refractivity contribution in [3.63, 3.8) is 0 Å². The number of esters is 1. The maximum atomic E-state index is 14.5. The van der Waals surface area contributed by atoms with Gasteiger partial charge in [-0.25, -0.2) is 0 Å². The predicted octanol–water partition coefficient (Wildman–Crippen LogP) is 5.40. The fraction of sp³-hybridized carbons (Fsp3) is 0.581. The van der Waals surface area contributed by atoms with Crippen LogP contribution in [0.2, 0.25) is 5.02 Å². The number of hydrogen-bond donors (Lipinski definition) is 1. The second-order valence-electron chi connectivity index (χ2n) is 11.2. The molecule has 218 valence electrons. The van der Waals surface area contributed by atoms with Crippen molar-refractivity contribution in [2.45, 2.75) is 73.8 Å². The molecule has 2 amide bonds. The quantitative estimate of drug-likeness (QED) is 0.168. The van der Waals surface area contributed by atoms with Crippen LogP contribution in [0.5, 0.6) is 0 Å². The third kappa shape index (κ3) is 5.72. The zero-order valence-electron chi connectivity index (χ0n) is 23.4. The van der Waals surface area contributed by atoms with Gasteiger partial charge in [0.15, 0.2) is 0 Å². The summed E-state index contributed by atoms with van der Waals surface area (Å²) in [4.78, 5) is 45.7. The van der Waals surface area contributed by atoms with Gasteiger partial charge < -0.3 is 19.6 Å². The van der Waals surface area contributed by atoms with Gasteiger partial charge >= 0.3 is 5.97 Å². The summed E-state index contributed by atoms with van der Waals surface area (Å²) < 4.78 is 4.57. The number of thioether (sulfide) groups is 1.